The molecule has 1 heterocycles. The normalized spacial score (nSPS) is 14.2. The standard InChI is InChI=1S/C14H26N2O2S2/c1-7-13-15-11(4)14(19-13)12(5)16(6)20(17,18)9-8-10(2)3/h10,12H,7-9H2,1-6H3/t12-/m0/s1. The molecule has 0 fully saturated rings. The number of sulfonamides is 1. The molecule has 4 nitrogen and oxygen atoms in total. The quantitative estimate of drug-likeness (QED) is 0.774. The lowest BCUT2D eigenvalue weighted by Crippen LogP contribution is -2.32. The van der Waals surface area contributed by atoms with Gasteiger partial charge in [0.05, 0.1) is 22.5 Å². The van der Waals surface area contributed by atoms with Crippen LogP contribution in [-0.4, -0.2) is 30.5 Å². The van der Waals surface area contributed by atoms with Crippen LogP contribution in [0, 0.1) is 12.8 Å². The average Bonchev–Trinajstić information content (AvgIpc) is 2.76. The van der Waals surface area contributed by atoms with Crippen LogP contribution in [0.15, 0.2) is 0 Å². The van der Waals surface area contributed by atoms with E-state index in [1.54, 1.807) is 18.4 Å². The molecule has 1 rings (SSSR count). The van der Waals surface area contributed by atoms with Crippen LogP contribution in [0.4, 0.5) is 0 Å². The van der Waals surface area contributed by atoms with Crippen LogP contribution in [-0.2, 0) is 16.4 Å². The van der Waals surface area contributed by atoms with E-state index in [2.05, 4.69) is 11.9 Å². The molecule has 0 spiro atoms. The second-order valence-electron chi connectivity index (χ2n) is 5.60. The highest BCUT2D eigenvalue weighted by Crippen LogP contribution is 2.30. The zero-order valence-corrected chi connectivity index (χ0v) is 14.9. The Morgan fingerprint density at radius 3 is 2.35 bits per heavy atom. The molecular formula is C14H26N2O2S2. The Balaban J connectivity index is 2.89. The number of hydrogen-bond donors (Lipinski definition) is 0. The minimum absolute atomic E-state index is 0.148. The van der Waals surface area contributed by atoms with E-state index in [9.17, 15) is 8.42 Å². The Morgan fingerprint density at radius 2 is 1.90 bits per heavy atom. The Morgan fingerprint density at radius 1 is 1.30 bits per heavy atom. The number of hydrogen-bond acceptors (Lipinski definition) is 4. The molecule has 0 aromatic carbocycles. The van der Waals surface area contributed by atoms with Gasteiger partial charge in [0, 0.05) is 11.9 Å². The van der Waals surface area contributed by atoms with Gasteiger partial charge in [-0.15, -0.1) is 11.3 Å². The maximum atomic E-state index is 12.3. The fourth-order valence-corrected chi connectivity index (χ4v) is 4.75. The number of thiazole rings is 1. The predicted octanol–water partition coefficient (Wildman–Crippen LogP) is 3.38. The van der Waals surface area contributed by atoms with Gasteiger partial charge in [0.25, 0.3) is 0 Å². The first kappa shape index (κ1) is 17.6. The summed E-state index contributed by atoms with van der Waals surface area (Å²) >= 11 is 1.62. The molecular weight excluding hydrogens is 292 g/mol. The summed E-state index contributed by atoms with van der Waals surface area (Å²) in [4.78, 5) is 5.54. The molecule has 0 aliphatic carbocycles. The third kappa shape index (κ3) is 4.27. The maximum absolute atomic E-state index is 12.3. The lowest BCUT2D eigenvalue weighted by molar-refractivity contribution is 0.398. The first-order valence-corrected chi connectivity index (χ1v) is 9.53. The van der Waals surface area contributed by atoms with Gasteiger partial charge in [-0.05, 0) is 32.6 Å². The third-order valence-electron chi connectivity index (χ3n) is 3.50. The number of aryl methyl sites for hydroxylation is 2. The van der Waals surface area contributed by atoms with E-state index in [0.717, 1.165) is 22.0 Å². The molecule has 0 unspecified atom stereocenters. The van der Waals surface area contributed by atoms with E-state index in [1.165, 1.54) is 4.31 Å². The summed E-state index contributed by atoms with van der Waals surface area (Å²) in [6.45, 7) is 10.0. The van der Waals surface area contributed by atoms with Crippen molar-refractivity contribution >= 4 is 21.4 Å². The molecule has 0 aliphatic heterocycles. The van der Waals surface area contributed by atoms with Crippen molar-refractivity contribution in [1.82, 2.24) is 9.29 Å². The monoisotopic (exact) mass is 318 g/mol. The van der Waals surface area contributed by atoms with Crippen molar-refractivity contribution in [1.29, 1.82) is 0 Å². The summed E-state index contributed by atoms with van der Waals surface area (Å²) < 4.78 is 26.2. The van der Waals surface area contributed by atoms with Gasteiger partial charge < -0.3 is 0 Å². The Bertz CT molecular complexity index is 535. The minimum atomic E-state index is -3.20. The topological polar surface area (TPSA) is 50.3 Å². The molecule has 20 heavy (non-hydrogen) atoms. The van der Waals surface area contributed by atoms with Crippen molar-refractivity contribution in [3.8, 4) is 0 Å². The van der Waals surface area contributed by atoms with Crippen molar-refractivity contribution in [2.75, 3.05) is 12.8 Å². The van der Waals surface area contributed by atoms with Crippen LogP contribution in [0.5, 0.6) is 0 Å². The highest BCUT2D eigenvalue weighted by molar-refractivity contribution is 7.89. The van der Waals surface area contributed by atoms with Gasteiger partial charge in [0.1, 0.15) is 0 Å². The Hall–Kier alpha value is -0.460. The average molecular weight is 319 g/mol. The summed E-state index contributed by atoms with van der Waals surface area (Å²) in [5, 5.41) is 1.07. The first-order chi connectivity index (χ1) is 9.19. The lowest BCUT2D eigenvalue weighted by Gasteiger charge is -2.24. The van der Waals surface area contributed by atoms with Crippen LogP contribution in [0.3, 0.4) is 0 Å². The molecule has 1 aromatic heterocycles. The minimum Gasteiger partial charge on any atom is -0.246 e. The van der Waals surface area contributed by atoms with Gasteiger partial charge in [0.15, 0.2) is 0 Å². The molecule has 0 radical (unpaired) electrons. The smallest absolute Gasteiger partial charge is 0.214 e. The van der Waals surface area contributed by atoms with Crippen LogP contribution >= 0.6 is 11.3 Å². The van der Waals surface area contributed by atoms with E-state index in [0.29, 0.717) is 12.3 Å². The Kier molecular flexibility index (Phi) is 6.16. The summed E-state index contributed by atoms with van der Waals surface area (Å²) in [7, 11) is -1.53. The van der Waals surface area contributed by atoms with Crippen molar-refractivity contribution < 1.29 is 8.42 Å². The molecule has 116 valence electrons. The molecule has 0 amide bonds. The molecule has 1 atom stereocenters. The summed E-state index contributed by atoms with van der Waals surface area (Å²) in [6.07, 6.45) is 1.59. The third-order valence-corrected chi connectivity index (χ3v) is 6.91. The number of aromatic nitrogens is 1. The highest BCUT2D eigenvalue weighted by atomic mass is 32.2. The van der Waals surface area contributed by atoms with Gasteiger partial charge in [-0.25, -0.2) is 13.4 Å². The zero-order valence-electron chi connectivity index (χ0n) is 13.3. The van der Waals surface area contributed by atoms with E-state index in [1.807, 2.05) is 27.7 Å². The first-order valence-electron chi connectivity index (χ1n) is 7.11. The zero-order chi connectivity index (χ0) is 15.5. The van der Waals surface area contributed by atoms with Crippen molar-refractivity contribution in [3.05, 3.63) is 15.6 Å². The molecule has 1 aromatic rings. The summed E-state index contributed by atoms with van der Waals surface area (Å²) in [5.41, 5.74) is 0.949. The van der Waals surface area contributed by atoms with Crippen LogP contribution in [0.1, 0.15) is 55.7 Å². The fraction of sp³-hybridized carbons (Fsp3) is 0.786. The summed E-state index contributed by atoms with van der Waals surface area (Å²) in [5.74, 6) is 0.606. The van der Waals surface area contributed by atoms with Gasteiger partial charge in [-0.1, -0.05) is 20.8 Å². The van der Waals surface area contributed by atoms with Crippen molar-refractivity contribution in [2.45, 2.75) is 53.5 Å². The van der Waals surface area contributed by atoms with Crippen molar-refractivity contribution in [2.24, 2.45) is 5.92 Å². The molecule has 0 bridgehead atoms. The Labute approximate surface area is 127 Å². The summed E-state index contributed by atoms with van der Waals surface area (Å²) in [6, 6.07) is -0.148. The highest BCUT2D eigenvalue weighted by Gasteiger charge is 2.27. The second-order valence-corrected chi connectivity index (χ2v) is 8.86. The van der Waals surface area contributed by atoms with Gasteiger partial charge in [0.2, 0.25) is 10.0 Å². The van der Waals surface area contributed by atoms with E-state index in [-0.39, 0.29) is 11.8 Å². The lowest BCUT2D eigenvalue weighted by atomic mass is 10.2. The van der Waals surface area contributed by atoms with Gasteiger partial charge in [-0.2, -0.15) is 4.31 Å². The maximum Gasteiger partial charge on any atom is 0.214 e. The molecule has 0 saturated heterocycles. The van der Waals surface area contributed by atoms with Crippen LogP contribution in [0.2, 0.25) is 0 Å². The fourth-order valence-electron chi connectivity index (χ4n) is 1.94. The SMILES string of the molecule is CCc1nc(C)c([C@H](C)N(C)S(=O)(=O)CCC(C)C)s1. The molecule has 0 N–H and O–H groups in total. The molecule has 6 heteroatoms. The van der Waals surface area contributed by atoms with Gasteiger partial charge in [-0.3, -0.25) is 0 Å². The number of nitrogens with zero attached hydrogens (tertiary/aromatic N) is 2. The van der Waals surface area contributed by atoms with Crippen molar-refractivity contribution in [3.63, 3.8) is 0 Å². The van der Waals surface area contributed by atoms with Crippen LogP contribution < -0.4 is 0 Å². The predicted molar refractivity (Wildman–Crippen MR) is 85.6 cm³/mol. The van der Waals surface area contributed by atoms with E-state index < -0.39 is 10.0 Å². The van der Waals surface area contributed by atoms with Crippen LogP contribution in [0.25, 0.3) is 0 Å². The van der Waals surface area contributed by atoms with E-state index >= 15 is 0 Å². The molecule has 0 aliphatic rings. The van der Waals surface area contributed by atoms with Gasteiger partial charge >= 0.3 is 0 Å². The molecule has 0 saturated carbocycles. The largest absolute Gasteiger partial charge is 0.246 e. The second kappa shape index (κ2) is 7.00. The number of rotatable bonds is 7. The van der Waals surface area contributed by atoms with E-state index in [4.69, 9.17) is 0 Å².